The number of nitrogens with zero attached hydrogens (tertiary/aromatic N) is 2. The first-order valence-electron chi connectivity index (χ1n) is 9.89. The Morgan fingerprint density at radius 3 is 2.52 bits per heavy atom. The molecule has 164 valence electrons. The summed E-state index contributed by atoms with van der Waals surface area (Å²) in [4.78, 5) is 17.3. The molecule has 5 nitrogen and oxygen atoms in total. The summed E-state index contributed by atoms with van der Waals surface area (Å²) in [5.74, 6) is 0.0740. The van der Waals surface area contributed by atoms with E-state index in [-0.39, 0.29) is 12.5 Å². The highest BCUT2D eigenvalue weighted by Gasteiger charge is 2.24. The average Bonchev–Trinajstić information content (AvgIpc) is 3.13. The fraction of sp³-hybridized carbons (Fsp3) is 0.0800. The van der Waals surface area contributed by atoms with Crippen molar-refractivity contribution in [1.82, 2.24) is 5.32 Å². The monoisotopic (exact) mass is 493 g/mol. The van der Waals surface area contributed by atoms with Gasteiger partial charge in [0, 0.05) is 5.56 Å². The number of aryl methyl sites for hydroxylation is 1. The van der Waals surface area contributed by atoms with Gasteiger partial charge in [0.15, 0.2) is 10.9 Å². The molecular formula is C25H17Cl2N3O2S. The molecule has 0 unspecified atom stereocenters. The molecule has 1 amide bonds. The standard InChI is InChI=1S/C25H17Cl2N3O2S/c1-15-6-8-19(9-7-15)29-25-30-24(31)22(33-25)12-16-10-20(26)23(21(27)11-16)32-14-18-5-3-2-4-17(18)13-28/h2-12H,14H2,1H3,(H,29,30,31)/b22-12+. The Hall–Kier alpha value is -3.24. The number of benzene rings is 3. The maximum absolute atomic E-state index is 12.4. The minimum atomic E-state index is -0.244. The quantitative estimate of drug-likeness (QED) is 0.404. The van der Waals surface area contributed by atoms with Crippen molar-refractivity contribution in [3.05, 3.63) is 97.9 Å². The third-order valence-corrected chi connectivity index (χ3v) is 6.22. The molecule has 3 aromatic rings. The van der Waals surface area contributed by atoms with E-state index in [2.05, 4.69) is 16.4 Å². The Morgan fingerprint density at radius 1 is 1.12 bits per heavy atom. The minimum Gasteiger partial charge on any atom is -0.486 e. The summed E-state index contributed by atoms with van der Waals surface area (Å²) in [6, 6.07) is 20.3. The molecule has 1 aliphatic heterocycles. The number of hydrogen-bond acceptors (Lipinski definition) is 5. The predicted octanol–water partition coefficient (Wildman–Crippen LogP) is 6.64. The molecule has 4 rings (SSSR count). The van der Waals surface area contributed by atoms with Crippen LogP contribution in [-0.4, -0.2) is 11.1 Å². The van der Waals surface area contributed by atoms with Gasteiger partial charge in [0.05, 0.1) is 32.3 Å². The van der Waals surface area contributed by atoms with E-state index >= 15 is 0 Å². The number of ether oxygens (including phenoxy) is 1. The van der Waals surface area contributed by atoms with Gasteiger partial charge in [-0.05, 0) is 60.7 Å². The van der Waals surface area contributed by atoms with Crippen molar-refractivity contribution in [2.24, 2.45) is 4.99 Å². The fourth-order valence-corrected chi connectivity index (χ4v) is 4.53. The first-order chi connectivity index (χ1) is 15.9. The lowest BCUT2D eigenvalue weighted by Gasteiger charge is -2.12. The molecule has 0 atom stereocenters. The molecule has 1 aliphatic rings. The molecule has 1 saturated heterocycles. The number of hydrogen-bond donors (Lipinski definition) is 1. The number of halogens is 2. The normalized spacial score (nSPS) is 15.5. The van der Waals surface area contributed by atoms with Crippen LogP contribution in [0.2, 0.25) is 10.0 Å². The van der Waals surface area contributed by atoms with Crippen LogP contribution in [0.25, 0.3) is 6.08 Å². The highest BCUT2D eigenvalue weighted by Crippen LogP contribution is 2.37. The van der Waals surface area contributed by atoms with Crippen LogP contribution in [0, 0.1) is 18.3 Å². The molecule has 0 radical (unpaired) electrons. The van der Waals surface area contributed by atoms with E-state index in [0.717, 1.165) is 16.8 Å². The van der Waals surface area contributed by atoms with Crippen molar-refractivity contribution >= 4 is 57.8 Å². The van der Waals surface area contributed by atoms with E-state index < -0.39 is 0 Å². The summed E-state index contributed by atoms with van der Waals surface area (Å²) in [5.41, 5.74) is 3.81. The number of carbonyl (C=O) groups excluding carboxylic acids is 1. The molecule has 8 heteroatoms. The minimum absolute atomic E-state index is 0.153. The number of amidine groups is 1. The van der Waals surface area contributed by atoms with Crippen LogP contribution in [0.5, 0.6) is 5.75 Å². The van der Waals surface area contributed by atoms with Gasteiger partial charge in [-0.1, -0.05) is 59.1 Å². The van der Waals surface area contributed by atoms with E-state index in [0.29, 0.717) is 37.0 Å². The number of nitriles is 1. The summed E-state index contributed by atoms with van der Waals surface area (Å²) in [6.45, 7) is 2.16. The maximum Gasteiger partial charge on any atom is 0.264 e. The van der Waals surface area contributed by atoms with Crippen LogP contribution in [-0.2, 0) is 11.4 Å². The lowest BCUT2D eigenvalue weighted by Crippen LogP contribution is -2.19. The van der Waals surface area contributed by atoms with Gasteiger partial charge in [0.2, 0.25) is 0 Å². The Labute approximate surface area is 205 Å². The van der Waals surface area contributed by atoms with Crippen LogP contribution in [0.15, 0.2) is 70.6 Å². The molecule has 1 N–H and O–H groups in total. The number of rotatable bonds is 5. The maximum atomic E-state index is 12.4. The van der Waals surface area contributed by atoms with E-state index in [9.17, 15) is 10.1 Å². The van der Waals surface area contributed by atoms with Gasteiger partial charge in [-0.2, -0.15) is 5.26 Å². The van der Waals surface area contributed by atoms with Crippen LogP contribution in [0.1, 0.15) is 22.3 Å². The fourth-order valence-electron chi connectivity index (χ4n) is 3.07. The first kappa shape index (κ1) is 22.9. The lowest BCUT2D eigenvalue weighted by molar-refractivity contribution is -0.115. The van der Waals surface area contributed by atoms with Gasteiger partial charge in [-0.15, -0.1) is 0 Å². The third kappa shape index (κ3) is 5.58. The number of thioether (sulfide) groups is 1. The van der Waals surface area contributed by atoms with Gasteiger partial charge in [0.25, 0.3) is 5.91 Å². The molecule has 33 heavy (non-hydrogen) atoms. The third-order valence-electron chi connectivity index (χ3n) is 4.74. The number of aliphatic imine (C=N–C) groups is 1. The lowest BCUT2D eigenvalue weighted by atomic mass is 10.1. The van der Waals surface area contributed by atoms with Gasteiger partial charge in [0.1, 0.15) is 6.61 Å². The van der Waals surface area contributed by atoms with Crippen LogP contribution in [0.3, 0.4) is 0 Å². The zero-order valence-corrected chi connectivity index (χ0v) is 19.8. The second-order valence-corrected chi connectivity index (χ2v) is 9.03. The topological polar surface area (TPSA) is 74.5 Å². The summed E-state index contributed by atoms with van der Waals surface area (Å²) >= 11 is 14.1. The molecular weight excluding hydrogens is 477 g/mol. The predicted molar refractivity (Wildman–Crippen MR) is 134 cm³/mol. The smallest absolute Gasteiger partial charge is 0.264 e. The van der Waals surface area contributed by atoms with E-state index in [1.54, 1.807) is 30.3 Å². The Bertz CT molecular complexity index is 1310. The molecule has 0 aliphatic carbocycles. The zero-order valence-electron chi connectivity index (χ0n) is 17.4. The summed E-state index contributed by atoms with van der Waals surface area (Å²) < 4.78 is 5.79. The largest absolute Gasteiger partial charge is 0.486 e. The molecule has 0 saturated carbocycles. The number of amides is 1. The molecule has 3 aromatic carbocycles. The van der Waals surface area contributed by atoms with Crippen molar-refractivity contribution in [2.75, 3.05) is 0 Å². The second kappa shape index (κ2) is 10.1. The second-order valence-electron chi connectivity index (χ2n) is 7.19. The van der Waals surface area contributed by atoms with Crippen molar-refractivity contribution in [2.45, 2.75) is 13.5 Å². The molecule has 0 spiro atoms. The first-order valence-corrected chi connectivity index (χ1v) is 11.5. The summed E-state index contributed by atoms with van der Waals surface area (Å²) in [7, 11) is 0. The van der Waals surface area contributed by atoms with E-state index in [1.165, 1.54) is 11.8 Å². The van der Waals surface area contributed by atoms with E-state index in [1.807, 2.05) is 43.3 Å². The highest BCUT2D eigenvalue weighted by molar-refractivity contribution is 8.18. The summed E-state index contributed by atoms with van der Waals surface area (Å²) in [5, 5.41) is 13.1. The molecule has 0 bridgehead atoms. The van der Waals surface area contributed by atoms with Crippen molar-refractivity contribution in [3.63, 3.8) is 0 Å². The van der Waals surface area contributed by atoms with Crippen LogP contribution < -0.4 is 10.1 Å². The number of carbonyl (C=O) groups is 1. The van der Waals surface area contributed by atoms with Crippen molar-refractivity contribution in [3.8, 4) is 11.8 Å². The van der Waals surface area contributed by atoms with Crippen LogP contribution >= 0.6 is 35.0 Å². The molecule has 1 heterocycles. The summed E-state index contributed by atoms with van der Waals surface area (Å²) in [6.07, 6.45) is 1.70. The molecule has 1 fully saturated rings. The van der Waals surface area contributed by atoms with Gasteiger partial charge < -0.3 is 10.1 Å². The van der Waals surface area contributed by atoms with Crippen molar-refractivity contribution in [1.29, 1.82) is 5.26 Å². The van der Waals surface area contributed by atoms with E-state index in [4.69, 9.17) is 27.9 Å². The van der Waals surface area contributed by atoms with Gasteiger partial charge in [-0.25, -0.2) is 4.99 Å². The highest BCUT2D eigenvalue weighted by atomic mass is 35.5. The number of nitrogens with one attached hydrogen (secondary N) is 1. The zero-order chi connectivity index (χ0) is 23.4. The van der Waals surface area contributed by atoms with Crippen molar-refractivity contribution < 1.29 is 9.53 Å². The van der Waals surface area contributed by atoms with Gasteiger partial charge >= 0.3 is 0 Å². The average molecular weight is 494 g/mol. The Morgan fingerprint density at radius 2 is 1.82 bits per heavy atom. The van der Waals surface area contributed by atoms with Crippen LogP contribution in [0.4, 0.5) is 5.69 Å². The SMILES string of the molecule is Cc1ccc(N=C2NC(=O)/C(=C\c3cc(Cl)c(OCc4ccccc4C#N)c(Cl)c3)S2)cc1. The Balaban J connectivity index is 1.51. The molecule has 0 aromatic heterocycles. The van der Waals surface area contributed by atoms with Gasteiger partial charge in [-0.3, -0.25) is 4.79 Å². The Kier molecular flexibility index (Phi) is 7.05.